The van der Waals surface area contributed by atoms with Crippen LogP contribution in [0.4, 0.5) is 5.69 Å². The van der Waals surface area contributed by atoms with Crippen LogP contribution in [-0.2, 0) is 0 Å². The summed E-state index contributed by atoms with van der Waals surface area (Å²) < 4.78 is 0. The highest BCUT2D eigenvalue weighted by Gasteiger charge is 2.21. The fourth-order valence-corrected chi connectivity index (χ4v) is 2.49. The quantitative estimate of drug-likeness (QED) is 0.441. The molecular formula is C21H15NO3. The van der Waals surface area contributed by atoms with E-state index >= 15 is 0 Å². The highest BCUT2D eigenvalue weighted by molar-refractivity contribution is 6.49. The summed E-state index contributed by atoms with van der Waals surface area (Å²) in [7, 11) is 0. The van der Waals surface area contributed by atoms with Crippen LogP contribution in [0.15, 0.2) is 78.9 Å². The lowest BCUT2D eigenvalue weighted by atomic mass is 9.96. The summed E-state index contributed by atoms with van der Waals surface area (Å²) >= 11 is 0. The van der Waals surface area contributed by atoms with Crippen LogP contribution in [0.3, 0.4) is 0 Å². The zero-order valence-electron chi connectivity index (χ0n) is 13.3. The molecule has 0 aliphatic heterocycles. The summed E-state index contributed by atoms with van der Waals surface area (Å²) in [4.78, 5) is 37.4. The molecule has 0 aliphatic carbocycles. The lowest BCUT2D eigenvalue weighted by molar-refractivity contribution is 0.0817. The van der Waals surface area contributed by atoms with Crippen molar-refractivity contribution in [1.29, 1.82) is 0 Å². The Morgan fingerprint density at radius 1 is 0.600 bits per heavy atom. The molecule has 0 aliphatic rings. The Morgan fingerprint density at radius 2 is 1.12 bits per heavy atom. The molecule has 0 aromatic heterocycles. The van der Waals surface area contributed by atoms with Gasteiger partial charge in [-0.05, 0) is 18.2 Å². The molecule has 0 heterocycles. The van der Waals surface area contributed by atoms with Gasteiger partial charge in [-0.2, -0.15) is 0 Å². The van der Waals surface area contributed by atoms with Gasteiger partial charge >= 0.3 is 0 Å². The first-order valence-electron chi connectivity index (χ1n) is 7.71. The van der Waals surface area contributed by atoms with Crippen molar-refractivity contribution in [3.63, 3.8) is 0 Å². The number of nitrogen functional groups attached to an aromatic ring is 1. The largest absolute Gasteiger partial charge is 0.398 e. The minimum atomic E-state index is -0.673. The summed E-state index contributed by atoms with van der Waals surface area (Å²) in [6, 6.07) is 21.3. The van der Waals surface area contributed by atoms with Gasteiger partial charge in [-0.25, -0.2) is 0 Å². The third kappa shape index (κ3) is 3.38. The fraction of sp³-hybridized carbons (Fsp3) is 0. The second kappa shape index (κ2) is 6.93. The normalized spacial score (nSPS) is 10.2. The lowest BCUT2D eigenvalue weighted by Crippen LogP contribution is -2.16. The van der Waals surface area contributed by atoms with E-state index < -0.39 is 11.6 Å². The predicted octanol–water partition coefficient (Wildman–Crippen LogP) is 3.57. The van der Waals surface area contributed by atoms with Crippen molar-refractivity contribution >= 4 is 23.0 Å². The summed E-state index contributed by atoms with van der Waals surface area (Å²) in [6.45, 7) is 0. The van der Waals surface area contributed by atoms with Gasteiger partial charge in [0, 0.05) is 27.9 Å². The predicted molar refractivity (Wildman–Crippen MR) is 95.8 cm³/mol. The first-order valence-corrected chi connectivity index (χ1v) is 7.71. The van der Waals surface area contributed by atoms with E-state index in [1.165, 1.54) is 18.2 Å². The Morgan fingerprint density at radius 3 is 1.72 bits per heavy atom. The molecule has 0 bridgehead atoms. The van der Waals surface area contributed by atoms with Gasteiger partial charge in [0.05, 0.1) is 0 Å². The number of anilines is 1. The highest BCUT2D eigenvalue weighted by Crippen LogP contribution is 2.20. The van der Waals surface area contributed by atoms with E-state index in [1.54, 1.807) is 60.7 Å². The van der Waals surface area contributed by atoms with Gasteiger partial charge in [-0.1, -0.05) is 60.7 Å². The second-order valence-corrected chi connectivity index (χ2v) is 5.52. The van der Waals surface area contributed by atoms with Gasteiger partial charge in [-0.3, -0.25) is 14.4 Å². The van der Waals surface area contributed by atoms with E-state index in [2.05, 4.69) is 0 Å². The summed E-state index contributed by atoms with van der Waals surface area (Å²) in [5.74, 6) is -1.59. The molecule has 0 fully saturated rings. The van der Waals surface area contributed by atoms with Crippen molar-refractivity contribution in [2.75, 3.05) is 5.73 Å². The number of rotatable bonds is 5. The maximum absolute atomic E-state index is 12.6. The number of ketones is 3. The van der Waals surface area contributed by atoms with Crippen LogP contribution in [0.5, 0.6) is 0 Å². The molecule has 0 atom stereocenters. The van der Waals surface area contributed by atoms with E-state index in [9.17, 15) is 14.4 Å². The van der Waals surface area contributed by atoms with Crippen molar-refractivity contribution in [2.24, 2.45) is 0 Å². The van der Waals surface area contributed by atoms with Gasteiger partial charge in [0.25, 0.3) is 0 Å². The third-order valence-corrected chi connectivity index (χ3v) is 3.84. The molecule has 0 saturated heterocycles. The van der Waals surface area contributed by atoms with Crippen LogP contribution >= 0.6 is 0 Å². The maximum atomic E-state index is 12.6. The van der Waals surface area contributed by atoms with E-state index in [4.69, 9.17) is 5.73 Å². The Hall–Kier alpha value is -3.53. The Bertz CT molecular complexity index is 947. The zero-order chi connectivity index (χ0) is 17.8. The topological polar surface area (TPSA) is 77.2 Å². The Balaban J connectivity index is 1.95. The zero-order valence-corrected chi connectivity index (χ0v) is 13.3. The van der Waals surface area contributed by atoms with Gasteiger partial charge in [0.2, 0.25) is 11.6 Å². The van der Waals surface area contributed by atoms with Crippen LogP contribution in [0, 0.1) is 0 Å². The average Bonchev–Trinajstić information content (AvgIpc) is 2.68. The van der Waals surface area contributed by atoms with Crippen molar-refractivity contribution < 1.29 is 14.4 Å². The summed E-state index contributed by atoms with van der Waals surface area (Å²) in [5.41, 5.74) is 7.28. The second-order valence-electron chi connectivity index (χ2n) is 5.52. The molecule has 122 valence electrons. The molecule has 0 saturated carbocycles. The van der Waals surface area contributed by atoms with Crippen molar-refractivity contribution in [1.82, 2.24) is 0 Å². The van der Waals surface area contributed by atoms with Crippen LogP contribution in [0.25, 0.3) is 0 Å². The van der Waals surface area contributed by atoms with E-state index in [1.807, 2.05) is 0 Å². The molecule has 3 aromatic carbocycles. The SMILES string of the molecule is Nc1ccc(C(=O)C(=O)c2ccccc2)cc1C(=O)c1ccccc1. The molecule has 2 N–H and O–H groups in total. The molecule has 0 unspecified atom stereocenters. The third-order valence-electron chi connectivity index (χ3n) is 3.84. The first kappa shape index (κ1) is 16.3. The number of hydrogen-bond acceptors (Lipinski definition) is 4. The minimum Gasteiger partial charge on any atom is -0.398 e. The van der Waals surface area contributed by atoms with Crippen LogP contribution in [-0.4, -0.2) is 17.3 Å². The summed E-state index contributed by atoms with van der Waals surface area (Å²) in [6.07, 6.45) is 0. The van der Waals surface area contributed by atoms with Gasteiger partial charge in [-0.15, -0.1) is 0 Å². The van der Waals surface area contributed by atoms with Gasteiger partial charge in [0.1, 0.15) is 0 Å². The fourth-order valence-electron chi connectivity index (χ4n) is 2.49. The van der Waals surface area contributed by atoms with E-state index in [0.717, 1.165) is 0 Å². The molecule has 4 heteroatoms. The molecule has 4 nitrogen and oxygen atoms in total. The molecule has 25 heavy (non-hydrogen) atoms. The number of carbonyl (C=O) groups excluding carboxylic acids is 3. The Kier molecular flexibility index (Phi) is 4.53. The maximum Gasteiger partial charge on any atom is 0.233 e. The number of hydrogen-bond donors (Lipinski definition) is 1. The first-order chi connectivity index (χ1) is 12.1. The lowest BCUT2D eigenvalue weighted by Gasteiger charge is -2.08. The van der Waals surface area contributed by atoms with Crippen LogP contribution in [0.1, 0.15) is 36.6 Å². The summed E-state index contributed by atoms with van der Waals surface area (Å²) in [5, 5.41) is 0. The van der Waals surface area contributed by atoms with Gasteiger partial charge in [0.15, 0.2) is 5.78 Å². The number of nitrogens with two attached hydrogens (primary N) is 1. The van der Waals surface area contributed by atoms with Crippen LogP contribution < -0.4 is 5.73 Å². The number of benzene rings is 3. The number of Topliss-reactive ketones (excluding diaryl/α,β-unsaturated/α-hetero) is 2. The molecular weight excluding hydrogens is 314 g/mol. The monoisotopic (exact) mass is 329 g/mol. The van der Waals surface area contributed by atoms with Gasteiger partial charge < -0.3 is 5.73 Å². The highest BCUT2D eigenvalue weighted by atomic mass is 16.2. The average molecular weight is 329 g/mol. The molecule has 0 amide bonds. The standard InChI is InChI=1S/C21H15NO3/c22-18-12-11-16(21(25)20(24)15-9-5-2-6-10-15)13-17(18)19(23)14-7-3-1-4-8-14/h1-13H,22H2. The molecule has 3 rings (SSSR count). The molecule has 3 aromatic rings. The van der Waals surface area contributed by atoms with Crippen molar-refractivity contribution in [3.05, 3.63) is 101 Å². The van der Waals surface area contributed by atoms with E-state index in [-0.39, 0.29) is 22.6 Å². The Labute approximate surface area is 144 Å². The molecule has 0 radical (unpaired) electrons. The minimum absolute atomic E-state index is 0.141. The smallest absolute Gasteiger partial charge is 0.233 e. The van der Waals surface area contributed by atoms with Crippen LogP contribution in [0.2, 0.25) is 0 Å². The molecule has 0 spiro atoms. The van der Waals surface area contributed by atoms with E-state index in [0.29, 0.717) is 11.1 Å². The number of carbonyl (C=O) groups is 3. The van der Waals surface area contributed by atoms with Crippen molar-refractivity contribution in [3.8, 4) is 0 Å². The van der Waals surface area contributed by atoms with Crippen molar-refractivity contribution in [2.45, 2.75) is 0 Å².